The molecular formula is C5H7NO. The average Bonchev–Trinajstić information content (AvgIpc) is 1.72. The van der Waals surface area contributed by atoms with E-state index in [0.29, 0.717) is 0 Å². The van der Waals surface area contributed by atoms with Crippen LogP contribution in [0.3, 0.4) is 0 Å². The summed E-state index contributed by atoms with van der Waals surface area (Å²) < 4.78 is 0. The maximum absolute atomic E-state index is 9.57. The third kappa shape index (κ3) is 1.87. The molecule has 38 valence electrons. The lowest BCUT2D eigenvalue weighted by Crippen LogP contribution is -1.88. The van der Waals surface area contributed by atoms with E-state index in [9.17, 15) is 4.91 Å². The smallest absolute Gasteiger partial charge is 0.128 e. The summed E-state index contributed by atoms with van der Waals surface area (Å²) in [5.74, 6) is 0. The van der Waals surface area contributed by atoms with E-state index in [4.69, 9.17) is 0 Å². The highest BCUT2D eigenvalue weighted by Gasteiger charge is 1.89. The Kier molecular flexibility index (Phi) is 2.85. The second-order valence-corrected chi connectivity index (χ2v) is 1.07. The normalized spacial score (nSPS) is 8.14. The first kappa shape index (κ1) is 6.08. The Hall–Kier alpha value is -0.920. The average molecular weight is 97.1 g/mol. The molecule has 0 N–H and O–H groups in total. The van der Waals surface area contributed by atoms with Gasteiger partial charge >= 0.3 is 0 Å². The van der Waals surface area contributed by atoms with Gasteiger partial charge in [-0.1, -0.05) is 17.3 Å². The van der Waals surface area contributed by atoms with Crippen molar-refractivity contribution in [1.29, 1.82) is 0 Å². The topological polar surface area (TPSA) is 29.4 Å². The minimum absolute atomic E-state index is 0.417. The van der Waals surface area contributed by atoms with Crippen molar-refractivity contribution in [2.75, 3.05) is 0 Å². The van der Waals surface area contributed by atoms with Gasteiger partial charge in [0.1, 0.15) is 6.04 Å². The van der Waals surface area contributed by atoms with E-state index in [1.54, 1.807) is 0 Å². The molecule has 0 fully saturated rings. The number of nitroso groups, excluding NO2 is 1. The summed E-state index contributed by atoms with van der Waals surface area (Å²) in [5, 5.41) is 2.64. The molecule has 0 amide bonds. The Labute approximate surface area is 42.5 Å². The molecule has 0 aromatic rings. The first-order valence-corrected chi connectivity index (χ1v) is 1.92. The molecule has 2 nitrogen and oxygen atoms in total. The van der Waals surface area contributed by atoms with E-state index in [1.165, 1.54) is 12.2 Å². The Morgan fingerprint density at radius 1 is 1.43 bits per heavy atom. The second-order valence-electron chi connectivity index (χ2n) is 1.07. The van der Waals surface area contributed by atoms with Crippen LogP contribution in [0.15, 0.2) is 30.5 Å². The Morgan fingerprint density at radius 2 is 1.86 bits per heavy atom. The molecule has 0 heterocycles. The summed E-state index contributed by atoms with van der Waals surface area (Å²) in [6, 6.07) is -0.417. The molecular weight excluding hydrogens is 90.1 g/mol. The first-order valence-electron chi connectivity index (χ1n) is 1.92. The minimum Gasteiger partial charge on any atom is -0.150 e. The van der Waals surface area contributed by atoms with Gasteiger partial charge < -0.3 is 0 Å². The number of hydrogen-bond donors (Lipinski definition) is 0. The molecule has 0 bridgehead atoms. The van der Waals surface area contributed by atoms with Crippen molar-refractivity contribution >= 4 is 0 Å². The largest absolute Gasteiger partial charge is 0.150 e. The van der Waals surface area contributed by atoms with Crippen molar-refractivity contribution in [1.82, 2.24) is 0 Å². The van der Waals surface area contributed by atoms with Crippen LogP contribution in [0.25, 0.3) is 0 Å². The number of nitrogens with zero attached hydrogens (tertiary/aromatic N) is 1. The minimum atomic E-state index is -0.417. The molecule has 2 heteroatoms. The molecule has 0 unspecified atom stereocenters. The van der Waals surface area contributed by atoms with Crippen LogP contribution in [-0.4, -0.2) is 6.04 Å². The summed E-state index contributed by atoms with van der Waals surface area (Å²) in [4.78, 5) is 9.57. The van der Waals surface area contributed by atoms with E-state index < -0.39 is 6.04 Å². The lowest BCUT2D eigenvalue weighted by atomic mass is 10.3. The summed E-state index contributed by atoms with van der Waals surface area (Å²) in [6.07, 6.45) is 2.86. The third-order valence-corrected chi connectivity index (χ3v) is 0.605. The van der Waals surface area contributed by atoms with Gasteiger partial charge in [-0.15, -0.1) is 18.1 Å². The molecule has 0 aliphatic carbocycles. The van der Waals surface area contributed by atoms with Crippen LogP contribution >= 0.6 is 0 Å². The van der Waals surface area contributed by atoms with Gasteiger partial charge in [-0.3, -0.25) is 0 Å². The molecule has 0 saturated carbocycles. The molecule has 0 aliphatic heterocycles. The zero-order chi connectivity index (χ0) is 5.70. The maximum Gasteiger partial charge on any atom is 0.128 e. The Balaban J connectivity index is 3.57. The van der Waals surface area contributed by atoms with Crippen LogP contribution in [0.5, 0.6) is 0 Å². The van der Waals surface area contributed by atoms with Crippen LogP contribution in [0, 0.1) is 4.91 Å². The summed E-state index contributed by atoms with van der Waals surface area (Å²) in [5.41, 5.74) is 0. The highest BCUT2D eigenvalue weighted by Crippen LogP contribution is 1.89. The Bertz CT molecular complexity index is 69.1. The molecule has 0 atom stereocenters. The summed E-state index contributed by atoms with van der Waals surface area (Å²) >= 11 is 0. The van der Waals surface area contributed by atoms with Crippen molar-refractivity contribution in [2.45, 2.75) is 6.04 Å². The molecule has 0 spiro atoms. The summed E-state index contributed by atoms with van der Waals surface area (Å²) in [6.45, 7) is 6.68. The molecule has 0 aromatic carbocycles. The van der Waals surface area contributed by atoms with Gasteiger partial charge in [0, 0.05) is 0 Å². The molecule has 0 aromatic heterocycles. The molecule has 0 saturated heterocycles. The lowest BCUT2D eigenvalue weighted by Gasteiger charge is -1.86. The zero-order valence-corrected chi connectivity index (χ0v) is 4.00. The van der Waals surface area contributed by atoms with Crippen LogP contribution in [0.4, 0.5) is 0 Å². The number of hydrogen-bond acceptors (Lipinski definition) is 2. The number of rotatable bonds is 3. The van der Waals surface area contributed by atoms with Gasteiger partial charge in [0.05, 0.1) is 0 Å². The van der Waals surface area contributed by atoms with Crippen LogP contribution in [0.2, 0.25) is 0 Å². The van der Waals surface area contributed by atoms with E-state index in [1.807, 2.05) is 0 Å². The monoisotopic (exact) mass is 97.1 g/mol. The van der Waals surface area contributed by atoms with Gasteiger partial charge in [0.2, 0.25) is 0 Å². The van der Waals surface area contributed by atoms with Gasteiger partial charge in [-0.25, -0.2) is 0 Å². The van der Waals surface area contributed by atoms with E-state index in [-0.39, 0.29) is 0 Å². The first-order chi connectivity index (χ1) is 3.35. The van der Waals surface area contributed by atoms with Crippen molar-refractivity contribution in [2.24, 2.45) is 5.18 Å². The van der Waals surface area contributed by atoms with E-state index in [2.05, 4.69) is 18.3 Å². The quantitative estimate of drug-likeness (QED) is 0.387. The fourth-order valence-electron chi connectivity index (χ4n) is 0.182. The van der Waals surface area contributed by atoms with Crippen LogP contribution in [0.1, 0.15) is 0 Å². The fraction of sp³-hybridized carbons (Fsp3) is 0.200. The van der Waals surface area contributed by atoms with Gasteiger partial charge in [-0.05, 0) is 0 Å². The van der Waals surface area contributed by atoms with Gasteiger partial charge in [0.25, 0.3) is 0 Å². The third-order valence-electron chi connectivity index (χ3n) is 0.605. The Morgan fingerprint density at radius 3 is 1.86 bits per heavy atom. The van der Waals surface area contributed by atoms with Crippen molar-refractivity contribution in [3.8, 4) is 0 Å². The maximum atomic E-state index is 9.57. The molecule has 0 aliphatic rings. The van der Waals surface area contributed by atoms with Crippen LogP contribution < -0.4 is 0 Å². The van der Waals surface area contributed by atoms with Gasteiger partial charge in [-0.2, -0.15) is 0 Å². The van der Waals surface area contributed by atoms with Crippen molar-refractivity contribution in [3.63, 3.8) is 0 Å². The predicted molar refractivity (Wildman–Crippen MR) is 30.0 cm³/mol. The highest BCUT2D eigenvalue weighted by atomic mass is 16.3. The second kappa shape index (κ2) is 3.28. The lowest BCUT2D eigenvalue weighted by molar-refractivity contribution is 1.02. The molecule has 7 heavy (non-hydrogen) atoms. The van der Waals surface area contributed by atoms with Crippen molar-refractivity contribution < 1.29 is 0 Å². The van der Waals surface area contributed by atoms with E-state index in [0.717, 1.165) is 0 Å². The van der Waals surface area contributed by atoms with Crippen LogP contribution in [-0.2, 0) is 0 Å². The van der Waals surface area contributed by atoms with E-state index >= 15 is 0 Å². The standard InChI is InChI=1S/C5H7NO/c1-3-5(4-2)6-7/h3-5H,1-2H2. The highest BCUT2D eigenvalue weighted by molar-refractivity contribution is 4.97. The zero-order valence-electron chi connectivity index (χ0n) is 4.00. The SMILES string of the molecule is C=CC(C=C)N=O. The van der Waals surface area contributed by atoms with Gasteiger partial charge in [0.15, 0.2) is 0 Å². The molecule has 0 rings (SSSR count). The summed E-state index contributed by atoms with van der Waals surface area (Å²) in [7, 11) is 0. The van der Waals surface area contributed by atoms with Crippen molar-refractivity contribution in [3.05, 3.63) is 30.2 Å². The predicted octanol–water partition coefficient (Wildman–Crippen LogP) is 1.49. The fourth-order valence-corrected chi connectivity index (χ4v) is 0.182. The molecule has 0 radical (unpaired) electrons.